The van der Waals surface area contributed by atoms with Crippen molar-refractivity contribution < 1.29 is 9.53 Å². The van der Waals surface area contributed by atoms with Crippen molar-refractivity contribution in [2.24, 2.45) is 0 Å². The summed E-state index contributed by atoms with van der Waals surface area (Å²) in [6, 6.07) is 13.0. The van der Waals surface area contributed by atoms with E-state index in [1.165, 1.54) is 0 Å². The van der Waals surface area contributed by atoms with Crippen molar-refractivity contribution in [3.63, 3.8) is 0 Å². The minimum atomic E-state index is 0.0223. The largest absolute Gasteiger partial charge is 0.497 e. The van der Waals surface area contributed by atoms with Crippen LogP contribution >= 0.6 is 0 Å². The number of methoxy groups -OCH3 is 1. The van der Waals surface area contributed by atoms with Crippen LogP contribution in [0.4, 0.5) is 5.82 Å². The molecule has 3 aromatic rings. The zero-order valence-electron chi connectivity index (χ0n) is 15.9. The molecule has 1 aliphatic heterocycles. The van der Waals surface area contributed by atoms with E-state index in [4.69, 9.17) is 4.74 Å². The summed E-state index contributed by atoms with van der Waals surface area (Å²) in [5.41, 5.74) is 1.58. The highest BCUT2D eigenvalue weighted by atomic mass is 16.5. The summed E-state index contributed by atoms with van der Waals surface area (Å²) in [4.78, 5) is 16.7. The van der Waals surface area contributed by atoms with Gasteiger partial charge in [0, 0.05) is 37.9 Å². The Kier molecular flexibility index (Phi) is 4.92. The van der Waals surface area contributed by atoms with Gasteiger partial charge in [-0.2, -0.15) is 5.10 Å². The number of aromatic nitrogens is 4. The Morgan fingerprint density at radius 2 is 1.75 bits per heavy atom. The molecule has 0 N–H and O–H groups in total. The van der Waals surface area contributed by atoms with Crippen molar-refractivity contribution in [1.29, 1.82) is 0 Å². The normalized spacial score (nSPS) is 14.2. The van der Waals surface area contributed by atoms with E-state index in [1.807, 2.05) is 54.4 Å². The van der Waals surface area contributed by atoms with Crippen LogP contribution in [-0.2, 0) is 0 Å². The first kappa shape index (κ1) is 18.0. The maximum Gasteiger partial charge on any atom is 0.254 e. The highest BCUT2D eigenvalue weighted by Gasteiger charge is 2.23. The number of aryl methyl sites for hydroxylation is 1. The average Bonchev–Trinajstić information content (AvgIpc) is 3.20. The number of carbonyl (C=O) groups is 1. The predicted octanol–water partition coefficient (Wildman–Crippen LogP) is 1.94. The van der Waals surface area contributed by atoms with Crippen LogP contribution in [0.3, 0.4) is 0 Å². The molecule has 0 saturated carbocycles. The summed E-state index contributed by atoms with van der Waals surface area (Å²) in [5.74, 6) is 2.20. The van der Waals surface area contributed by atoms with Gasteiger partial charge in [-0.15, -0.1) is 10.2 Å². The van der Waals surface area contributed by atoms with Crippen LogP contribution in [-0.4, -0.2) is 64.1 Å². The summed E-state index contributed by atoms with van der Waals surface area (Å²) >= 11 is 0. The standard InChI is InChI=1S/C20H22N6O2/c1-15-8-9-26(23-15)19-7-6-18(21-22-19)24-10-12-25(13-11-24)20(27)16-4-3-5-17(14-16)28-2/h3-9,14H,10-13H2,1-2H3. The van der Waals surface area contributed by atoms with E-state index < -0.39 is 0 Å². The molecule has 1 amide bonds. The van der Waals surface area contributed by atoms with Gasteiger partial charge in [0.25, 0.3) is 5.91 Å². The van der Waals surface area contributed by atoms with Gasteiger partial charge >= 0.3 is 0 Å². The second-order valence-electron chi connectivity index (χ2n) is 6.66. The summed E-state index contributed by atoms with van der Waals surface area (Å²) in [5, 5.41) is 12.9. The maximum absolute atomic E-state index is 12.7. The second kappa shape index (κ2) is 7.67. The summed E-state index contributed by atoms with van der Waals surface area (Å²) in [6.07, 6.45) is 1.86. The van der Waals surface area contributed by atoms with Gasteiger partial charge in [-0.3, -0.25) is 4.79 Å². The van der Waals surface area contributed by atoms with Gasteiger partial charge in [0.05, 0.1) is 12.8 Å². The molecule has 4 rings (SSSR count). The monoisotopic (exact) mass is 378 g/mol. The lowest BCUT2D eigenvalue weighted by atomic mass is 10.1. The van der Waals surface area contributed by atoms with Gasteiger partial charge in [-0.25, -0.2) is 4.68 Å². The maximum atomic E-state index is 12.7. The van der Waals surface area contributed by atoms with Crippen molar-refractivity contribution in [3.8, 4) is 11.6 Å². The Morgan fingerprint density at radius 3 is 2.39 bits per heavy atom. The van der Waals surface area contributed by atoms with Crippen LogP contribution < -0.4 is 9.64 Å². The first-order valence-corrected chi connectivity index (χ1v) is 9.19. The number of ether oxygens (including phenoxy) is 1. The van der Waals surface area contributed by atoms with Crippen LogP contribution in [0.5, 0.6) is 5.75 Å². The van der Waals surface area contributed by atoms with Crippen molar-refractivity contribution >= 4 is 11.7 Å². The van der Waals surface area contributed by atoms with Gasteiger partial charge in [-0.1, -0.05) is 6.07 Å². The Morgan fingerprint density at radius 1 is 1.00 bits per heavy atom. The lowest BCUT2D eigenvalue weighted by Crippen LogP contribution is -2.49. The number of carbonyl (C=O) groups excluding carboxylic acids is 1. The Hall–Kier alpha value is -3.42. The molecule has 1 fully saturated rings. The number of amides is 1. The molecule has 8 heteroatoms. The highest BCUT2D eigenvalue weighted by Crippen LogP contribution is 2.18. The molecule has 1 saturated heterocycles. The van der Waals surface area contributed by atoms with E-state index in [2.05, 4.69) is 20.2 Å². The number of nitrogens with zero attached hydrogens (tertiary/aromatic N) is 6. The van der Waals surface area contributed by atoms with Crippen LogP contribution in [0.2, 0.25) is 0 Å². The van der Waals surface area contributed by atoms with Crippen LogP contribution in [0.15, 0.2) is 48.7 Å². The first-order valence-electron chi connectivity index (χ1n) is 9.19. The Bertz CT molecular complexity index is 961. The lowest BCUT2D eigenvalue weighted by Gasteiger charge is -2.35. The third-order valence-electron chi connectivity index (χ3n) is 4.80. The van der Waals surface area contributed by atoms with E-state index in [0.29, 0.717) is 43.3 Å². The Labute approximate surface area is 163 Å². The minimum absolute atomic E-state index is 0.0223. The van der Waals surface area contributed by atoms with Crippen molar-refractivity contribution in [2.45, 2.75) is 6.92 Å². The predicted molar refractivity (Wildman–Crippen MR) is 105 cm³/mol. The van der Waals surface area contributed by atoms with E-state index in [0.717, 1.165) is 11.5 Å². The van der Waals surface area contributed by atoms with Gasteiger partial charge in [0.1, 0.15) is 5.75 Å². The fraction of sp³-hybridized carbons (Fsp3) is 0.300. The zero-order valence-corrected chi connectivity index (χ0v) is 15.9. The van der Waals surface area contributed by atoms with E-state index >= 15 is 0 Å². The molecule has 2 aromatic heterocycles. The number of benzene rings is 1. The minimum Gasteiger partial charge on any atom is -0.497 e. The SMILES string of the molecule is COc1cccc(C(=O)N2CCN(c3ccc(-n4ccc(C)n4)nn3)CC2)c1. The van der Waals surface area contributed by atoms with E-state index in [1.54, 1.807) is 17.9 Å². The van der Waals surface area contributed by atoms with Gasteiger partial charge in [0.2, 0.25) is 0 Å². The molecule has 28 heavy (non-hydrogen) atoms. The molecule has 0 aliphatic carbocycles. The molecule has 1 aliphatic rings. The lowest BCUT2D eigenvalue weighted by molar-refractivity contribution is 0.0746. The number of piperazine rings is 1. The third-order valence-corrected chi connectivity index (χ3v) is 4.80. The number of rotatable bonds is 4. The summed E-state index contributed by atoms with van der Waals surface area (Å²) in [6.45, 7) is 4.63. The van der Waals surface area contributed by atoms with Crippen LogP contribution in [0.25, 0.3) is 5.82 Å². The third kappa shape index (κ3) is 3.66. The number of hydrogen-bond donors (Lipinski definition) is 0. The topological polar surface area (TPSA) is 76.4 Å². The molecule has 0 radical (unpaired) electrons. The Balaban J connectivity index is 1.39. The number of anilines is 1. The molecular weight excluding hydrogens is 356 g/mol. The summed E-state index contributed by atoms with van der Waals surface area (Å²) in [7, 11) is 1.60. The second-order valence-corrected chi connectivity index (χ2v) is 6.66. The van der Waals surface area contributed by atoms with Crippen LogP contribution in [0, 0.1) is 6.92 Å². The molecule has 1 aromatic carbocycles. The van der Waals surface area contributed by atoms with Crippen LogP contribution in [0.1, 0.15) is 16.1 Å². The molecule has 144 valence electrons. The van der Waals surface area contributed by atoms with Crippen molar-refractivity contribution in [1.82, 2.24) is 24.9 Å². The van der Waals surface area contributed by atoms with Gasteiger partial charge in [0.15, 0.2) is 11.6 Å². The fourth-order valence-corrected chi connectivity index (χ4v) is 3.23. The average molecular weight is 378 g/mol. The molecule has 0 unspecified atom stereocenters. The van der Waals surface area contributed by atoms with Gasteiger partial charge in [-0.05, 0) is 43.3 Å². The van der Waals surface area contributed by atoms with E-state index in [9.17, 15) is 4.79 Å². The molecule has 8 nitrogen and oxygen atoms in total. The van der Waals surface area contributed by atoms with Crippen molar-refractivity contribution in [3.05, 3.63) is 59.9 Å². The van der Waals surface area contributed by atoms with E-state index in [-0.39, 0.29) is 5.91 Å². The summed E-state index contributed by atoms with van der Waals surface area (Å²) < 4.78 is 6.91. The first-order chi connectivity index (χ1) is 13.6. The smallest absolute Gasteiger partial charge is 0.254 e. The quantitative estimate of drug-likeness (QED) is 0.691. The molecule has 0 atom stereocenters. The molecular formula is C20H22N6O2. The van der Waals surface area contributed by atoms with Crippen molar-refractivity contribution in [2.75, 3.05) is 38.2 Å². The molecule has 0 bridgehead atoms. The highest BCUT2D eigenvalue weighted by molar-refractivity contribution is 5.94. The fourth-order valence-electron chi connectivity index (χ4n) is 3.23. The van der Waals surface area contributed by atoms with Gasteiger partial charge < -0.3 is 14.5 Å². The molecule has 3 heterocycles. The zero-order chi connectivity index (χ0) is 19.5. The molecule has 0 spiro atoms. The number of hydrogen-bond acceptors (Lipinski definition) is 6.